The second-order valence-electron chi connectivity index (χ2n) is 4.07. The molecular weight excluding hydrogens is 230 g/mol. The quantitative estimate of drug-likeness (QED) is 0.716. The fourth-order valence-electron chi connectivity index (χ4n) is 1.59. The van der Waals surface area contributed by atoms with Gasteiger partial charge in [-0.1, -0.05) is 12.1 Å². The van der Waals surface area contributed by atoms with Crippen LogP contribution in [0.3, 0.4) is 0 Å². The summed E-state index contributed by atoms with van der Waals surface area (Å²) < 4.78 is 10.0. The largest absolute Gasteiger partial charge is 0.497 e. The molecule has 0 aliphatic heterocycles. The van der Waals surface area contributed by atoms with Crippen LogP contribution in [0, 0.1) is 0 Å². The predicted molar refractivity (Wildman–Crippen MR) is 70.8 cm³/mol. The first-order chi connectivity index (χ1) is 8.76. The second-order valence-corrected chi connectivity index (χ2v) is 4.07. The first-order valence-electron chi connectivity index (χ1n) is 6.15. The Kier molecular flexibility index (Phi) is 6.87. The maximum absolute atomic E-state index is 11.6. The molecule has 0 saturated heterocycles. The van der Waals surface area contributed by atoms with Gasteiger partial charge in [-0.05, 0) is 30.5 Å². The number of methoxy groups -OCH3 is 2. The predicted octanol–water partition coefficient (Wildman–Crippen LogP) is 1.78. The van der Waals surface area contributed by atoms with E-state index in [4.69, 9.17) is 9.47 Å². The third-order valence-electron chi connectivity index (χ3n) is 2.62. The number of amides is 1. The summed E-state index contributed by atoms with van der Waals surface area (Å²) in [6, 6.07) is 7.54. The highest BCUT2D eigenvalue weighted by atomic mass is 16.5. The topological polar surface area (TPSA) is 47.6 Å². The normalized spacial score (nSPS) is 10.1. The maximum Gasteiger partial charge on any atom is 0.224 e. The van der Waals surface area contributed by atoms with Gasteiger partial charge in [-0.25, -0.2) is 0 Å². The Balaban J connectivity index is 2.22. The van der Waals surface area contributed by atoms with E-state index >= 15 is 0 Å². The maximum atomic E-state index is 11.6. The lowest BCUT2D eigenvalue weighted by molar-refractivity contribution is -0.120. The Bertz CT molecular complexity index is 349. The Hall–Kier alpha value is -1.55. The molecule has 4 heteroatoms. The summed E-state index contributed by atoms with van der Waals surface area (Å²) in [5.74, 6) is 0.858. The number of carbonyl (C=O) groups is 1. The molecule has 18 heavy (non-hydrogen) atoms. The number of rotatable bonds is 8. The fraction of sp³-hybridized carbons (Fsp3) is 0.500. The van der Waals surface area contributed by atoms with Gasteiger partial charge < -0.3 is 14.8 Å². The third kappa shape index (κ3) is 5.68. The smallest absolute Gasteiger partial charge is 0.224 e. The van der Waals surface area contributed by atoms with Crippen molar-refractivity contribution in [2.24, 2.45) is 0 Å². The Labute approximate surface area is 108 Å². The minimum atomic E-state index is 0.0533. The van der Waals surface area contributed by atoms with Crippen LogP contribution in [0.25, 0.3) is 0 Å². The molecule has 4 nitrogen and oxygen atoms in total. The van der Waals surface area contributed by atoms with Crippen LogP contribution in [0.1, 0.15) is 18.4 Å². The first kappa shape index (κ1) is 14.5. The molecule has 0 unspecified atom stereocenters. The van der Waals surface area contributed by atoms with Gasteiger partial charge in [0.25, 0.3) is 0 Å². The van der Waals surface area contributed by atoms with E-state index in [1.807, 2.05) is 24.3 Å². The van der Waals surface area contributed by atoms with Crippen molar-refractivity contribution in [1.29, 1.82) is 0 Å². The molecule has 1 rings (SSSR count). The third-order valence-corrected chi connectivity index (χ3v) is 2.62. The van der Waals surface area contributed by atoms with Crippen molar-refractivity contribution >= 4 is 5.91 Å². The van der Waals surface area contributed by atoms with Crippen LogP contribution in [0.15, 0.2) is 24.3 Å². The minimum absolute atomic E-state index is 0.0533. The van der Waals surface area contributed by atoms with Crippen LogP contribution in [0.5, 0.6) is 5.75 Å². The van der Waals surface area contributed by atoms with Gasteiger partial charge in [0.05, 0.1) is 13.5 Å². The highest BCUT2D eigenvalue weighted by Crippen LogP contribution is 2.11. The number of hydrogen-bond acceptors (Lipinski definition) is 3. The molecule has 0 heterocycles. The summed E-state index contributed by atoms with van der Waals surface area (Å²) in [7, 11) is 3.31. The van der Waals surface area contributed by atoms with Crippen molar-refractivity contribution in [1.82, 2.24) is 5.32 Å². The van der Waals surface area contributed by atoms with E-state index in [1.165, 1.54) is 0 Å². The number of carbonyl (C=O) groups excluding carboxylic acids is 1. The number of benzene rings is 1. The Morgan fingerprint density at radius 1 is 1.17 bits per heavy atom. The van der Waals surface area contributed by atoms with E-state index in [9.17, 15) is 4.79 Å². The molecule has 0 atom stereocenters. The van der Waals surface area contributed by atoms with E-state index in [0.717, 1.165) is 30.8 Å². The van der Waals surface area contributed by atoms with Gasteiger partial charge in [-0.15, -0.1) is 0 Å². The summed E-state index contributed by atoms with van der Waals surface area (Å²) in [5, 5.41) is 2.89. The molecule has 1 N–H and O–H groups in total. The molecule has 0 spiro atoms. The van der Waals surface area contributed by atoms with E-state index in [1.54, 1.807) is 14.2 Å². The van der Waals surface area contributed by atoms with Crippen LogP contribution in [0.2, 0.25) is 0 Å². The SMILES string of the molecule is COCCCCNC(=O)Cc1ccc(OC)cc1. The molecule has 1 amide bonds. The van der Waals surface area contributed by atoms with Gasteiger partial charge in [-0.2, -0.15) is 0 Å². The van der Waals surface area contributed by atoms with Crippen LogP contribution >= 0.6 is 0 Å². The summed E-state index contributed by atoms with van der Waals surface area (Å²) >= 11 is 0. The minimum Gasteiger partial charge on any atom is -0.497 e. The highest BCUT2D eigenvalue weighted by Gasteiger charge is 2.02. The molecule has 0 aliphatic carbocycles. The zero-order chi connectivity index (χ0) is 13.2. The highest BCUT2D eigenvalue weighted by molar-refractivity contribution is 5.78. The van der Waals surface area contributed by atoms with Gasteiger partial charge in [0.1, 0.15) is 5.75 Å². The first-order valence-corrected chi connectivity index (χ1v) is 6.15. The van der Waals surface area contributed by atoms with Gasteiger partial charge >= 0.3 is 0 Å². The van der Waals surface area contributed by atoms with Crippen LogP contribution in [-0.4, -0.2) is 33.3 Å². The zero-order valence-corrected chi connectivity index (χ0v) is 11.1. The van der Waals surface area contributed by atoms with Crippen molar-refractivity contribution < 1.29 is 14.3 Å². The number of hydrogen-bond donors (Lipinski definition) is 1. The van der Waals surface area contributed by atoms with Gasteiger partial charge in [-0.3, -0.25) is 4.79 Å². The summed E-state index contributed by atoms with van der Waals surface area (Å²) in [6.07, 6.45) is 2.33. The molecule has 1 aromatic carbocycles. The molecule has 0 aromatic heterocycles. The number of nitrogens with one attached hydrogen (secondary N) is 1. The lowest BCUT2D eigenvalue weighted by atomic mass is 10.1. The zero-order valence-electron chi connectivity index (χ0n) is 11.1. The van der Waals surface area contributed by atoms with Gasteiger partial charge in [0.15, 0.2) is 0 Å². The molecule has 0 saturated carbocycles. The average molecular weight is 251 g/mol. The summed E-state index contributed by atoms with van der Waals surface area (Å²) in [4.78, 5) is 11.6. The Morgan fingerprint density at radius 3 is 2.50 bits per heavy atom. The molecule has 0 aliphatic rings. The lowest BCUT2D eigenvalue weighted by Crippen LogP contribution is -2.26. The van der Waals surface area contributed by atoms with Crippen molar-refractivity contribution in [3.8, 4) is 5.75 Å². The molecule has 1 aromatic rings. The lowest BCUT2D eigenvalue weighted by Gasteiger charge is -2.06. The summed E-state index contributed by atoms with van der Waals surface area (Å²) in [5.41, 5.74) is 0.991. The van der Waals surface area contributed by atoms with Crippen LogP contribution in [-0.2, 0) is 16.0 Å². The number of ether oxygens (including phenoxy) is 2. The average Bonchev–Trinajstić information content (AvgIpc) is 2.39. The van der Waals surface area contributed by atoms with Crippen molar-refractivity contribution in [3.63, 3.8) is 0 Å². The van der Waals surface area contributed by atoms with Gasteiger partial charge in [0, 0.05) is 20.3 Å². The second kappa shape index (κ2) is 8.53. The standard InChI is InChI=1S/C14H21NO3/c1-17-10-4-3-9-15-14(16)11-12-5-7-13(18-2)8-6-12/h5-8H,3-4,9-11H2,1-2H3,(H,15,16). The van der Waals surface area contributed by atoms with Crippen molar-refractivity contribution in [2.75, 3.05) is 27.4 Å². The monoisotopic (exact) mass is 251 g/mol. The van der Waals surface area contributed by atoms with Crippen LogP contribution in [0.4, 0.5) is 0 Å². The van der Waals surface area contributed by atoms with Crippen molar-refractivity contribution in [2.45, 2.75) is 19.3 Å². The molecule has 0 fully saturated rings. The Morgan fingerprint density at radius 2 is 1.89 bits per heavy atom. The van der Waals surface area contributed by atoms with Crippen LogP contribution < -0.4 is 10.1 Å². The van der Waals surface area contributed by atoms with Gasteiger partial charge in [0.2, 0.25) is 5.91 Å². The fourth-order valence-corrected chi connectivity index (χ4v) is 1.59. The summed E-state index contributed by atoms with van der Waals surface area (Å²) in [6.45, 7) is 1.45. The molecule has 0 radical (unpaired) electrons. The number of unbranched alkanes of at least 4 members (excludes halogenated alkanes) is 1. The molecule has 0 bridgehead atoms. The van der Waals surface area contributed by atoms with Crippen molar-refractivity contribution in [3.05, 3.63) is 29.8 Å². The van der Waals surface area contributed by atoms with E-state index < -0.39 is 0 Å². The van der Waals surface area contributed by atoms with E-state index in [0.29, 0.717) is 13.0 Å². The molecular formula is C14H21NO3. The van der Waals surface area contributed by atoms with E-state index in [2.05, 4.69) is 5.32 Å². The molecule has 100 valence electrons. The van der Waals surface area contributed by atoms with E-state index in [-0.39, 0.29) is 5.91 Å².